The molecular weight excluding hydrogens is 392 g/mol. The van der Waals surface area contributed by atoms with Crippen LogP contribution in [-0.2, 0) is 0 Å². The fourth-order valence-electron chi connectivity index (χ4n) is 4.16. The van der Waals surface area contributed by atoms with E-state index in [1.807, 2.05) is 34.7 Å². The van der Waals surface area contributed by atoms with Crippen LogP contribution < -0.4 is 14.4 Å². The second-order valence-corrected chi connectivity index (χ2v) is 7.65. The van der Waals surface area contributed by atoms with Crippen molar-refractivity contribution in [3.05, 3.63) is 65.5 Å². The SMILES string of the molecule is COc1cc(OC)cc(C(=O)N2CCN(c3c(C)nn(-c4ccccc4)c3C)CC2)c1. The number of aryl methyl sites for hydroxylation is 1. The van der Waals surface area contributed by atoms with Gasteiger partial charge in [0, 0.05) is 37.8 Å². The van der Waals surface area contributed by atoms with Crippen LogP contribution in [0.15, 0.2) is 48.5 Å². The van der Waals surface area contributed by atoms with Crippen LogP contribution in [0.2, 0.25) is 0 Å². The number of carbonyl (C=O) groups excluding carboxylic acids is 1. The first-order valence-corrected chi connectivity index (χ1v) is 10.4. The van der Waals surface area contributed by atoms with Gasteiger partial charge in [0.1, 0.15) is 11.5 Å². The monoisotopic (exact) mass is 420 g/mol. The highest BCUT2D eigenvalue weighted by atomic mass is 16.5. The molecule has 1 aliphatic rings. The molecule has 31 heavy (non-hydrogen) atoms. The van der Waals surface area contributed by atoms with Gasteiger partial charge < -0.3 is 19.3 Å². The predicted octanol–water partition coefficient (Wildman–Crippen LogP) is 3.47. The van der Waals surface area contributed by atoms with E-state index in [2.05, 4.69) is 24.0 Å². The molecule has 0 atom stereocenters. The van der Waals surface area contributed by atoms with Crippen LogP contribution in [-0.4, -0.2) is 61.0 Å². The van der Waals surface area contributed by atoms with E-state index in [4.69, 9.17) is 14.6 Å². The lowest BCUT2D eigenvalue weighted by Crippen LogP contribution is -2.49. The number of hydrogen-bond acceptors (Lipinski definition) is 5. The summed E-state index contributed by atoms with van der Waals surface area (Å²) >= 11 is 0. The zero-order valence-electron chi connectivity index (χ0n) is 18.5. The maximum Gasteiger partial charge on any atom is 0.254 e. The van der Waals surface area contributed by atoms with E-state index in [0.29, 0.717) is 30.2 Å². The molecule has 0 bridgehead atoms. The maximum absolute atomic E-state index is 13.1. The minimum atomic E-state index is -0.00901. The van der Waals surface area contributed by atoms with Crippen molar-refractivity contribution in [1.82, 2.24) is 14.7 Å². The molecule has 2 aromatic carbocycles. The molecule has 4 rings (SSSR count). The van der Waals surface area contributed by atoms with Crippen LogP contribution in [0.4, 0.5) is 5.69 Å². The van der Waals surface area contributed by atoms with Gasteiger partial charge in [-0.2, -0.15) is 5.10 Å². The van der Waals surface area contributed by atoms with Crippen molar-refractivity contribution in [2.45, 2.75) is 13.8 Å². The van der Waals surface area contributed by atoms with Gasteiger partial charge in [-0.1, -0.05) is 18.2 Å². The molecule has 1 saturated heterocycles. The number of carbonyl (C=O) groups is 1. The molecule has 0 aliphatic carbocycles. The Morgan fingerprint density at radius 2 is 1.52 bits per heavy atom. The van der Waals surface area contributed by atoms with Crippen molar-refractivity contribution < 1.29 is 14.3 Å². The smallest absolute Gasteiger partial charge is 0.254 e. The molecular formula is C24H28N4O3. The summed E-state index contributed by atoms with van der Waals surface area (Å²) < 4.78 is 12.6. The minimum absolute atomic E-state index is 0.00901. The Balaban J connectivity index is 1.50. The Morgan fingerprint density at radius 1 is 0.903 bits per heavy atom. The summed E-state index contributed by atoms with van der Waals surface area (Å²) in [7, 11) is 3.17. The van der Waals surface area contributed by atoms with E-state index in [-0.39, 0.29) is 5.91 Å². The summed E-state index contributed by atoms with van der Waals surface area (Å²) in [4.78, 5) is 17.3. The molecule has 0 N–H and O–H groups in total. The molecule has 0 spiro atoms. The van der Waals surface area contributed by atoms with Gasteiger partial charge in [0.2, 0.25) is 0 Å². The summed E-state index contributed by atoms with van der Waals surface area (Å²) in [5.41, 5.74) is 4.89. The van der Waals surface area contributed by atoms with Crippen molar-refractivity contribution in [2.24, 2.45) is 0 Å². The number of hydrogen-bond donors (Lipinski definition) is 0. The molecule has 0 saturated carbocycles. The number of amides is 1. The summed E-state index contributed by atoms with van der Waals surface area (Å²) in [6.07, 6.45) is 0. The first-order valence-electron chi connectivity index (χ1n) is 10.4. The molecule has 7 heteroatoms. The number of ether oxygens (including phenoxy) is 2. The van der Waals surface area contributed by atoms with Gasteiger partial charge in [-0.25, -0.2) is 4.68 Å². The summed E-state index contributed by atoms with van der Waals surface area (Å²) in [5.74, 6) is 1.21. The Kier molecular flexibility index (Phi) is 5.84. The zero-order chi connectivity index (χ0) is 22.0. The Hall–Kier alpha value is -3.48. The lowest BCUT2D eigenvalue weighted by Gasteiger charge is -2.36. The third-order valence-electron chi connectivity index (χ3n) is 5.74. The summed E-state index contributed by atoms with van der Waals surface area (Å²) in [5, 5.41) is 4.76. The maximum atomic E-state index is 13.1. The Bertz CT molecular complexity index is 1050. The molecule has 1 aromatic heterocycles. The van der Waals surface area contributed by atoms with Gasteiger partial charge in [0.25, 0.3) is 5.91 Å². The average molecular weight is 421 g/mol. The van der Waals surface area contributed by atoms with Gasteiger partial charge in [0.15, 0.2) is 0 Å². The van der Waals surface area contributed by atoms with Crippen molar-refractivity contribution >= 4 is 11.6 Å². The van der Waals surface area contributed by atoms with Crippen LogP contribution in [0.25, 0.3) is 5.69 Å². The molecule has 1 aliphatic heterocycles. The number of para-hydroxylation sites is 1. The number of piperazine rings is 1. The molecule has 7 nitrogen and oxygen atoms in total. The van der Waals surface area contributed by atoms with E-state index in [9.17, 15) is 4.79 Å². The fraction of sp³-hybridized carbons (Fsp3) is 0.333. The van der Waals surface area contributed by atoms with Crippen LogP contribution >= 0.6 is 0 Å². The van der Waals surface area contributed by atoms with Crippen molar-refractivity contribution in [3.8, 4) is 17.2 Å². The molecule has 162 valence electrons. The van der Waals surface area contributed by atoms with Crippen LogP contribution in [0.1, 0.15) is 21.7 Å². The minimum Gasteiger partial charge on any atom is -0.497 e. The van der Waals surface area contributed by atoms with Crippen LogP contribution in [0, 0.1) is 13.8 Å². The molecule has 0 unspecified atom stereocenters. The van der Waals surface area contributed by atoms with Gasteiger partial charge in [-0.15, -0.1) is 0 Å². The van der Waals surface area contributed by atoms with Crippen molar-refractivity contribution in [2.75, 3.05) is 45.3 Å². The second-order valence-electron chi connectivity index (χ2n) is 7.65. The summed E-state index contributed by atoms with van der Waals surface area (Å²) in [6, 6.07) is 15.4. The number of anilines is 1. The lowest BCUT2D eigenvalue weighted by atomic mass is 10.1. The van der Waals surface area contributed by atoms with E-state index < -0.39 is 0 Å². The van der Waals surface area contributed by atoms with E-state index in [1.165, 1.54) is 0 Å². The van der Waals surface area contributed by atoms with E-state index >= 15 is 0 Å². The number of methoxy groups -OCH3 is 2. The standard InChI is InChI=1S/C24H28N4O3/c1-17-23(18(2)28(25-17)20-8-6-5-7-9-20)26-10-12-27(13-11-26)24(29)19-14-21(30-3)16-22(15-19)31-4/h5-9,14-16H,10-13H2,1-4H3. The second kappa shape index (κ2) is 8.71. The first-order chi connectivity index (χ1) is 15.0. The Morgan fingerprint density at radius 3 is 2.10 bits per heavy atom. The molecule has 1 fully saturated rings. The normalized spacial score (nSPS) is 13.9. The highest BCUT2D eigenvalue weighted by Gasteiger charge is 2.26. The quantitative estimate of drug-likeness (QED) is 0.633. The molecule has 1 amide bonds. The van der Waals surface area contributed by atoms with Gasteiger partial charge in [-0.3, -0.25) is 4.79 Å². The fourth-order valence-corrected chi connectivity index (χ4v) is 4.16. The Labute approximate surface area is 182 Å². The van der Waals surface area contributed by atoms with Gasteiger partial charge >= 0.3 is 0 Å². The lowest BCUT2D eigenvalue weighted by molar-refractivity contribution is 0.0746. The van der Waals surface area contributed by atoms with Crippen LogP contribution in [0.5, 0.6) is 11.5 Å². The van der Waals surface area contributed by atoms with E-state index in [1.54, 1.807) is 32.4 Å². The van der Waals surface area contributed by atoms with E-state index in [0.717, 1.165) is 35.9 Å². The number of rotatable bonds is 5. The highest BCUT2D eigenvalue weighted by Crippen LogP contribution is 2.28. The zero-order valence-corrected chi connectivity index (χ0v) is 18.5. The van der Waals surface area contributed by atoms with Gasteiger partial charge in [0.05, 0.1) is 37.0 Å². The number of benzene rings is 2. The van der Waals surface area contributed by atoms with Gasteiger partial charge in [-0.05, 0) is 38.1 Å². The average Bonchev–Trinajstić information content (AvgIpc) is 3.12. The topological polar surface area (TPSA) is 59.8 Å². The molecule has 2 heterocycles. The number of nitrogens with zero attached hydrogens (tertiary/aromatic N) is 4. The molecule has 0 radical (unpaired) electrons. The third-order valence-corrected chi connectivity index (χ3v) is 5.74. The predicted molar refractivity (Wildman–Crippen MR) is 121 cm³/mol. The number of aromatic nitrogens is 2. The largest absolute Gasteiger partial charge is 0.497 e. The first kappa shape index (κ1) is 20.8. The summed E-state index contributed by atoms with van der Waals surface area (Å²) in [6.45, 7) is 6.95. The van der Waals surface area contributed by atoms with Crippen molar-refractivity contribution in [1.29, 1.82) is 0 Å². The third kappa shape index (κ3) is 4.08. The van der Waals surface area contributed by atoms with Crippen molar-refractivity contribution in [3.63, 3.8) is 0 Å². The molecule has 3 aromatic rings. The highest BCUT2D eigenvalue weighted by molar-refractivity contribution is 5.95. The van der Waals surface area contributed by atoms with Crippen LogP contribution in [0.3, 0.4) is 0 Å².